The van der Waals surface area contributed by atoms with Crippen LogP contribution in [0.3, 0.4) is 0 Å². The van der Waals surface area contributed by atoms with Crippen LogP contribution in [0.1, 0.15) is 21.5 Å². The second-order valence-electron chi connectivity index (χ2n) is 7.53. The van der Waals surface area contributed by atoms with Crippen molar-refractivity contribution in [1.82, 2.24) is 0 Å². The van der Waals surface area contributed by atoms with E-state index < -0.39 is 5.91 Å². The molecule has 4 rings (SSSR count). The van der Waals surface area contributed by atoms with Crippen molar-refractivity contribution in [3.63, 3.8) is 0 Å². The second-order valence-corrected chi connectivity index (χ2v) is 8.75. The molecular weight excluding hydrogens is 481 g/mol. The molecular formula is C25H18Cl3N3O2. The average Bonchev–Trinajstić information content (AvgIpc) is 2.77. The third-order valence-corrected chi connectivity index (χ3v) is 6.15. The first-order valence-electron chi connectivity index (χ1n) is 9.94. The lowest BCUT2D eigenvalue weighted by Crippen LogP contribution is -2.13. The second kappa shape index (κ2) is 9.40. The number of halogens is 3. The molecule has 5 nitrogen and oxygen atoms in total. The molecule has 0 atom stereocenters. The molecule has 0 aliphatic heterocycles. The number of phenols is 1. The zero-order valence-electron chi connectivity index (χ0n) is 17.7. The SMILES string of the molecule is Cc1ccc2c(N=Nc3cc(Cl)c(Cl)cc3Cl)c(O)c(C(=O)Nc3ccccc3C)cc2c1. The highest BCUT2D eigenvalue weighted by atomic mass is 35.5. The minimum Gasteiger partial charge on any atom is -0.505 e. The summed E-state index contributed by atoms with van der Waals surface area (Å²) in [7, 11) is 0. The number of phenolic OH excluding ortho intramolecular Hbond substituents is 1. The molecule has 0 fully saturated rings. The number of aromatic hydroxyl groups is 1. The molecule has 0 aromatic heterocycles. The van der Waals surface area contributed by atoms with Crippen LogP contribution in [0.2, 0.25) is 15.1 Å². The van der Waals surface area contributed by atoms with E-state index in [1.54, 1.807) is 12.1 Å². The van der Waals surface area contributed by atoms with Crippen LogP contribution in [-0.4, -0.2) is 11.0 Å². The number of fused-ring (bicyclic) bond motifs is 1. The summed E-state index contributed by atoms with van der Waals surface area (Å²) in [5.41, 5.74) is 3.04. The molecule has 0 aliphatic carbocycles. The smallest absolute Gasteiger partial charge is 0.259 e. The number of carbonyl (C=O) groups is 1. The van der Waals surface area contributed by atoms with Crippen molar-refractivity contribution in [3.05, 3.63) is 92.4 Å². The maximum Gasteiger partial charge on any atom is 0.259 e. The molecule has 0 radical (unpaired) electrons. The topological polar surface area (TPSA) is 74.0 Å². The first-order chi connectivity index (χ1) is 15.7. The van der Waals surface area contributed by atoms with E-state index in [2.05, 4.69) is 15.5 Å². The van der Waals surface area contributed by atoms with Crippen molar-refractivity contribution in [2.45, 2.75) is 13.8 Å². The van der Waals surface area contributed by atoms with Crippen LogP contribution in [0.15, 0.2) is 70.9 Å². The third-order valence-electron chi connectivity index (χ3n) is 5.13. The molecule has 8 heteroatoms. The molecule has 1 amide bonds. The Balaban J connectivity index is 1.83. The predicted octanol–water partition coefficient (Wildman–Crippen LogP) is 8.79. The number of hydrogen-bond acceptors (Lipinski definition) is 4. The van der Waals surface area contributed by atoms with Gasteiger partial charge in [-0.15, -0.1) is 10.2 Å². The van der Waals surface area contributed by atoms with Gasteiger partial charge in [0.15, 0.2) is 5.75 Å². The summed E-state index contributed by atoms with van der Waals surface area (Å²) in [6.45, 7) is 3.83. The molecule has 33 heavy (non-hydrogen) atoms. The Kier molecular flexibility index (Phi) is 6.56. The Bertz CT molecular complexity index is 1430. The molecule has 0 saturated carbocycles. The fraction of sp³-hybridized carbons (Fsp3) is 0.0800. The van der Waals surface area contributed by atoms with Gasteiger partial charge in [0.1, 0.15) is 11.4 Å². The van der Waals surface area contributed by atoms with Crippen LogP contribution in [0.4, 0.5) is 17.1 Å². The Morgan fingerprint density at radius 3 is 2.36 bits per heavy atom. The Morgan fingerprint density at radius 1 is 0.879 bits per heavy atom. The first-order valence-corrected chi connectivity index (χ1v) is 11.1. The summed E-state index contributed by atoms with van der Waals surface area (Å²) >= 11 is 18.3. The van der Waals surface area contributed by atoms with E-state index in [9.17, 15) is 9.90 Å². The zero-order chi connectivity index (χ0) is 23.7. The van der Waals surface area contributed by atoms with E-state index in [0.717, 1.165) is 16.5 Å². The van der Waals surface area contributed by atoms with Crippen molar-refractivity contribution < 1.29 is 9.90 Å². The Labute approximate surface area is 205 Å². The maximum atomic E-state index is 13.1. The molecule has 0 heterocycles. The summed E-state index contributed by atoms with van der Waals surface area (Å²) in [6, 6.07) is 17.6. The molecule has 166 valence electrons. The number of carbonyl (C=O) groups excluding carboxylic acids is 1. The monoisotopic (exact) mass is 497 g/mol. The van der Waals surface area contributed by atoms with E-state index in [1.807, 2.05) is 50.2 Å². The zero-order valence-corrected chi connectivity index (χ0v) is 19.9. The fourth-order valence-corrected chi connectivity index (χ4v) is 3.94. The number of hydrogen-bond donors (Lipinski definition) is 2. The normalized spacial score (nSPS) is 11.3. The summed E-state index contributed by atoms with van der Waals surface area (Å²) in [6.07, 6.45) is 0. The lowest BCUT2D eigenvalue weighted by molar-refractivity contribution is 0.102. The summed E-state index contributed by atoms with van der Waals surface area (Å²) in [4.78, 5) is 13.1. The minimum atomic E-state index is -0.464. The highest BCUT2D eigenvalue weighted by molar-refractivity contribution is 6.43. The highest BCUT2D eigenvalue weighted by Crippen LogP contribution is 2.41. The maximum absolute atomic E-state index is 13.1. The number of azo groups is 1. The van der Waals surface area contributed by atoms with Gasteiger partial charge in [0, 0.05) is 11.1 Å². The average molecular weight is 499 g/mol. The number of amides is 1. The molecule has 0 spiro atoms. The molecule has 0 bridgehead atoms. The van der Waals surface area contributed by atoms with Gasteiger partial charge in [-0.25, -0.2) is 0 Å². The van der Waals surface area contributed by atoms with Gasteiger partial charge in [-0.3, -0.25) is 4.79 Å². The molecule has 4 aromatic carbocycles. The van der Waals surface area contributed by atoms with E-state index in [1.165, 1.54) is 12.1 Å². The number of aryl methyl sites for hydroxylation is 2. The minimum absolute atomic E-state index is 0.0746. The van der Waals surface area contributed by atoms with Gasteiger partial charge < -0.3 is 10.4 Å². The molecule has 0 saturated heterocycles. The van der Waals surface area contributed by atoms with Crippen molar-refractivity contribution in [1.29, 1.82) is 0 Å². The Morgan fingerprint density at radius 2 is 1.61 bits per heavy atom. The number of rotatable bonds is 4. The van der Waals surface area contributed by atoms with Gasteiger partial charge >= 0.3 is 0 Å². The number of benzene rings is 4. The van der Waals surface area contributed by atoms with Crippen molar-refractivity contribution >= 4 is 68.5 Å². The van der Waals surface area contributed by atoms with Gasteiger partial charge in [0.2, 0.25) is 0 Å². The number of nitrogens with zero attached hydrogens (tertiary/aromatic N) is 2. The quantitative estimate of drug-likeness (QED) is 0.218. The predicted molar refractivity (Wildman–Crippen MR) is 135 cm³/mol. The highest BCUT2D eigenvalue weighted by Gasteiger charge is 2.19. The van der Waals surface area contributed by atoms with Crippen molar-refractivity contribution in [2.75, 3.05) is 5.32 Å². The fourth-order valence-electron chi connectivity index (χ4n) is 3.37. The van der Waals surface area contributed by atoms with Gasteiger partial charge in [-0.05, 0) is 49.1 Å². The van der Waals surface area contributed by atoms with E-state index in [-0.39, 0.29) is 32.7 Å². The summed E-state index contributed by atoms with van der Waals surface area (Å²) in [5.74, 6) is -0.758. The van der Waals surface area contributed by atoms with Crippen LogP contribution in [0.25, 0.3) is 10.8 Å². The summed E-state index contributed by atoms with van der Waals surface area (Å²) in [5, 5.41) is 24.5. The lowest BCUT2D eigenvalue weighted by Gasteiger charge is -2.13. The molecule has 0 unspecified atom stereocenters. The van der Waals surface area contributed by atoms with E-state index >= 15 is 0 Å². The Hall–Kier alpha value is -3.12. The first kappa shape index (κ1) is 23.1. The lowest BCUT2D eigenvalue weighted by atomic mass is 10.0. The van der Waals surface area contributed by atoms with E-state index in [4.69, 9.17) is 34.8 Å². The van der Waals surface area contributed by atoms with Gasteiger partial charge in [-0.1, -0.05) is 76.8 Å². The van der Waals surface area contributed by atoms with Gasteiger partial charge in [-0.2, -0.15) is 0 Å². The summed E-state index contributed by atoms with van der Waals surface area (Å²) < 4.78 is 0. The molecule has 2 N–H and O–H groups in total. The number of nitrogens with one attached hydrogen (secondary N) is 1. The van der Waals surface area contributed by atoms with Crippen molar-refractivity contribution in [3.8, 4) is 5.75 Å². The van der Waals surface area contributed by atoms with Gasteiger partial charge in [0.25, 0.3) is 5.91 Å². The van der Waals surface area contributed by atoms with Crippen molar-refractivity contribution in [2.24, 2.45) is 10.2 Å². The standard InChI is InChI=1S/C25H18Cl3N3O2/c1-13-7-8-16-15(9-13)10-17(25(33)29-21-6-4-3-5-14(21)2)24(32)23(16)31-30-22-12-19(27)18(26)11-20(22)28/h3-12,32H,1-2H3,(H,29,33). The van der Waals surface area contributed by atoms with E-state index in [0.29, 0.717) is 16.1 Å². The molecule has 4 aromatic rings. The molecule has 0 aliphatic rings. The van der Waals surface area contributed by atoms with Crippen LogP contribution in [-0.2, 0) is 0 Å². The number of anilines is 1. The van der Waals surface area contributed by atoms with Crippen LogP contribution < -0.4 is 5.32 Å². The van der Waals surface area contributed by atoms with Crippen LogP contribution in [0, 0.1) is 13.8 Å². The van der Waals surface area contributed by atoms with Gasteiger partial charge in [0.05, 0.1) is 20.6 Å². The van der Waals surface area contributed by atoms with Crippen LogP contribution >= 0.6 is 34.8 Å². The number of para-hydroxylation sites is 1. The van der Waals surface area contributed by atoms with Crippen LogP contribution in [0.5, 0.6) is 5.75 Å². The third kappa shape index (κ3) is 4.81. The largest absolute Gasteiger partial charge is 0.505 e.